The van der Waals surface area contributed by atoms with Crippen LogP contribution in [0.5, 0.6) is 0 Å². The number of alkyl halides is 2. The lowest BCUT2D eigenvalue weighted by molar-refractivity contribution is -0.0711. The largest absolute Gasteiger partial charge is 0.382 e. The molecule has 184 valence electrons. The zero-order chi connectivity index (χ0) is 24.5. The van der Waals surface area contributed by atoms with Crippen molar-refractivity contribution in [3.63, 3.8) is 0 Å². The fraction of sp³-hybridized carbons (Fsp3) is 0.478. The molecule has 2 fully saturated rings. The molecule has 3 N–H and O–H groups in total. The van der Waals surface area contributed by atoms with Crippen molar-refractivity contribution in [3.8, 4) is 11.3 Å². The van der Waals surface area contributed by atoms with E-state index in [1.165, 1.54) is 0 Å². The van der Waals surface area contributed by atoms with E-state index in [9.17, 15) is 8.78 Å². The van der Waals surface area contributed by atoms with Crippen molar-refractivity contribution >= 4 is 28.4 Å². The minimum atomic E-state index is -2.92. The number of nitrogens with two attached hydrogens (primary N) is 1. The smallest absolute Gasteiger partial charge is 0.281 e. The number of ether oxygens (including phenoxy) is 1. The monoisotopic (exact) mass is 483 g/mol. The molecule has 10 nitrogen and oxygen atoms in total. The highest BCUT2D eigenvalue weighted by molar-refractivity contribution is 5.88. The Labute approximate surface area is 200 Å². The number of imidazole rings is 1. The molecule has 0 unspecified atom stereocenters. The summed E-state index contributed by atoms with van der Waals surface area (Å²) in [7, 11) is 0. The second-order valence-corrected chi connectivity index (χ2v) is 9.58. The van der Waals surface area contributed by atoms with Gasteiger partial charge < -0.3 is 20.4 Å². The molecule has 0 amide bonds. The molecule has 6 rings (SSSR count). The Hall–Kier alpha value is -3.38. The zero-order valence-electron chi connectivity index (χ0n) is 19.7. The minimum absolute atomic E-state index is 0.0359. The number of aryl methyl sites for hydroxylation is 1. The van der Waals surface area contributed by atoms with Crippen LogP contribution in [0.2, 0.25) is 0 Å². The molecule has 2 aliphatic heterocycles. The van der Waals surface area contributed by atoms with Gasteiger partial charge in [0.15, 0.2) is 11.5 Å². The SMILES string of the molecule is Cc1nc2ccc(-c3ccn4nc(N[C@@H]5CN(C6COC6)CC5(F)F)nc(N)c34)nc2n1C(C)C. The summed E-state index contributed by atoms with van der Waals surface area (Å²) in [6.07, 6.45) is 1.73. The van der Waals surface area contributed by atoms with Crippen LogP contribution in [0.25, 0.3) is 27.9 Å². The van der Waals surface area contributed by atoms with Gasteiger partial charge >= 0.3 is 0 Å². The molecule has 0 aromatic carbocycles. The Morgan fingerprint density at radius 1 is 1.17 bits per heavy atom. The fourth-order valence-electron chi connectivity index (χ4n) is 5.01. The van der Waals surface area contributed by atoms with E-state index in [1.807, 2.05) is 25.1 Å². The third-order valence-electron chi connectivity index (χ3n) is 6.83. The number of likely N-dealkylation sites (tertiary alicyclic amines) is 1. The molecule has 0 spiro atoms. The van der Waals surface area contributed by atoms with Gasteiger partial charge in [-0.05, 0) is 39.0 Å². The molecular weight excluding hydrogens is 456 g/mol. The zero-order valence-corrected chi connectivity index (χ0v) is 19.7. The molecule has 35 heavy (non-hydrogen) atoms. The summed E-state index contributed by atoms with van der Waals surface area (Å²) >= 11 is 0. The molecule has 4 aromatic heterocycles. The average Bonchev–Trinajstić information content (AvgIpc) is 3.39. The maximum absolute atomic E-state index is 14.7. The lowest BCUT2D eigenvalue weighted by atomic mass is 10.2. The molecule has 2 aliphatic rings. The number of fused-ring (bicyclic) bond motifs is 2. The maximum atomic E-state index is 14.7. The number of halogens is 2. The van der Waals surface area contributed by atoms with Crippen molar-refractivity contribution in [1.29, 1.82) is 0 Å². The number of nitrogen functional groups attached to an aromatic ring is 1. The molecule has 0 bridgehead atoms. The van der Waals surface area contributed by atoms with Gasteiger partial charge in [-0.15, -0.1) is 5.10 Å². The summed E-state index contributed by atoms with van der Waals surface area (Å²) < 4.78 is 38.1. The van der Waals surface area contributed by atoms with Crippen LogP contribution in [0, 0.1) is 6.92 Å². The van der Waals surface area contributed by atoms with Crippen molar-refractivity contribution in [3.05, 3.63) is 30.2 Å². The van der Waals surface area contributed by atoms with Crippen LogP contribution in [-0.2, 0) is 4.74 Å². The van der Waals surface area contributed by atoms with Gasteiger partial charge in [-0.3, -0.25) is 4.90 Å². The number of aromatic nitrogens is 6. The Bertz CT molecular complexity index is 1430. The number of hydrogen-bond donors (Lipinski definition) is 2. The molecule has 0 saturated carbocycles. The van der Waals surface area contributed by atoms with E-state index in [-0.39, 0.29) is 36.9 Å². The Balaban J connectivity index is 1.33. The van der Waals surface area contributed by atoms with Gasteiger partial charge in [-0.25, -0.2) is 23.3 Å². The summed E-state index contributed by atoms with van der Waals surface area (Å²) in [4.78, 5) is 15.5. The fourth-order valence-corrected chi connectivity index (χ4v) is 5.01. The predicted octanol–water partition coefficient (Wildman–Crippen LogP) is 2.74. The molecule has 2 saturated heterocycles. The van der Waals surface area contributed by atoms with Crippen LogP contribution in [0.15, 0.2) is 24.4 Å². The molecular formula is C23H27F2N9O. The van der Waals surface area contributed by atoms with Crippen LogP contribution in [0.3, 0.4) is 0 Å². The predicted molar refractivity (Wildman–Crippen MR) is 128 cm³/mol. The second-order valence-electron chi connectivity index (χ2n) is 9.58. The van der Waals surface area contributed by atoms with Gasteiger partial charge in [0.2, 0.25) is 5.95 Å². The van der Waals surface area contributed by atoms with Gasteiger partial charge in [0.25, 0.3) is 5.92 Å². The standard InChI is InChI=1S/C23H27F2N9O/c1-12(2)34-13(3)27-17-5-4-16(28-21(17)34)15-6-7-33-19(15)20(26)30-22(31-33)29-18-8-32(11-23(18,24)25)14-9-35-10-14/h4-7,12,14,18H,8-11H2,1-3H3,(H3,26,29,30,31)/t18-/m1/s1. The molecule has 6 heterocycles. The Kier molecular flexibility index (Phi) is 4.94. The molecule has 0 radical (unpaired) electrons. The quantitative estimate of drug-likeness (QED) is 0.446. The van der Waals surface area contributed by atoms with Gasteiger partial charge in [0.05, 0.1) is 31.5 Å². The highest BCUT2D eigenvalue weighted by Gasteiger charge is 2.51. The van der Waals surface area contributed by atoms with E-state index in [0.29, 0.717) is 24.4 Å². The highest BCUT2D eigenvalue weighted by Crippen LogP contribution is 2.33. The van der Waals surface area contributed by atoms with Crippen LogP contribution < -0.4 is 11.1 Å². The first-order chi connectivity index (χ1) is 16.7. The van der Waals surface area contributed by atoms with Gasteiger partial charge in [-0.2, -0.15) is 4.98 Å². The van der Waals surface area contributed by atoms with E-state index >= 15 is 0 Å². The number of anilines is 2. The lowest BCUT2D eigenvalue weighted by Crippen LogP contribution is -2.48. The number of nitrogens with one attached hydrogen (secondary N) is 1. The number of pyridine rings is 1. The average molecular weight is 484 g/mol. The first-order valence-corrected chi connectivity index (χ1v) is 11.7. The number of nitrogens with zero attached hydrogens (tertiary/aromatic N) is 7. The first kappa shape index (κ1) is 22.1. The molecule has 0 aliphatic carbocycles. The van der Waals surface area contributed by atoms with Gasteiger partial charge in [-0.1, -0.05) is 0 Å². The third kappa shape index (κ3) is 3.59. The lowest BCUT2D eigenvalue weighted by Gasteiger charge is -2.34. The van der Waals surface area contributed by atoms with Crippen molar-refractivity contribution in [2.24, 2.45) is 0 Å². The summed E-state index contributed by atoms with van der Waals surface area (Å²) in [5.74, 6) is -1.78. The Morgan fingerprint density at radius 3 is 2.69 bits per heavy atom. The van der Waals surface area contributed by atoms with Crippen molar-refractivity contribution in [1.82, 2.24) is 34.0 Å². The van der Waals surface area contributed by atoms with E-state index in [2.05, 4.69) is 38.8 Å². The van der Waals surface area contributed by atoms with E-state index in [4.69, 9.17) is 15.5 Å². The summed E-state index contributed by atoms with van der Waals surface area (Å²) in [5.41, 5.74) is 9.95. The van der Waals surface area contributed by atoms with E-state index < -0.39 is 12.0 Å². The van der Waals surface area contributed by atoms with Crippen LogP contribution in [0.1, 0.15) is 25.7 Å². The normalized spacial score (nSPS) is 20.8. The minimum Gasteiger partial charge on any atom is -0.382 e. The molecule has 1 atom stereocenters. The Morgan fingerprint density at radius 2 is 1.97 bits per heavy atom. The van der Waals surface area contributed by atoms with E-state index in [0.717, 1.165) is 22.6 Å². The van der Waals surface area contributed by atoms with E-state index in [1.54, 1.807) is 15.6 Å². The third-order valence-corrected chi connectivity index (χ3v) is 6.83. The highest BCUT2D eigenvalue weighted by atomic mass is 19.3. The molecule has 12 heteroatoms. The summed E-state index contributed by atoms with van der Waals surface area (Å²) in [6, 6.07) is 4.80. The number of hydrogen-bond acceptors (Lipinski definition) is 8. The van der Waals surface area contributed by atoms with Crippen LogP contribution in [-0.4, -0.2) is 78.3 Å². The molecule has 4 aromatic rings. The second kappa shape index (κ2) is 7.82. The number of rotatable bonds is 5. The first-order valence-electron chi connectivity index (χ1n) is 11.7. The summed E-state index contributed by atoms with van der Waals surface area (Å²) in [6.45, 7) is 6.98. The maximum Gasteiger partial charge on any atom is 0.281 e. The topological polar surface area (TPSA) is 111 Å². The van der Waals surface area contributed by atoms with Crippen LogP contribution >= 0.6 is 0 Å². The van der Waals surface area contributed by atoms with Gasteiger partial charge in [0.1, 0.15) is 22.9 Å². The van der Waals surface area contributed by atoms with Gasteiger partial charge in [0, 0.05) is 24.3 Å². The van der Waals surface area contributed by atoms with Crippen molar-refractivity contribution in [2.75, 3.05) is 37.4 Å². The summed E-state index contributed by atoms with van der Waals surface area (Å²) in [5, 5.41) is 7.23. The van der Waals surface area contributed by atoms with Crippen molar-refractivity contribution in [2.45, 2.75) is 44.8 Å². The van der Waals surface area contributed by atoms with Crippen molar-refractivity contribution < 1.29 is 13.5 Å². The van der Waals surface area contributed by atoms with Crippen LogP contribution in [0.4, 0.5) is 20.5 Å².